The largest absolute Gasteiger partial charge is 0.444 e. The van der Waals surface area contributed by atoms with Crippen molar-refractivity contribution in [1.29, 1.82) is 0 Å². The van der Waals surface area contributed by atoms with Gasteiger partial charge in [0.15, 0.2) is 0 Å². The Bertz CT molecular complexity index is 536. The van der Waals surface area contributed by atoms with Crippen LogP contribution >= 0.6 is 11.3 Å². The van der Waals surface area contributed by atoms with Crippen LogP contribution in [0.4, 0.5) is 4.79 Å². The molecule has 0 aliphatic carbocycles. The van der Waals surface area contributed by atoms with Crippen molar-refractivity contribution in [2.45, 2.75) is 65.5 Å². The van der Waals surface area contributed by atoms with Crippen LogP contribution in [0.2, 0.25) is 0 Å². The number of nitrogens with zero attached hydrogens (tertiary/aromatic N) is 1. The highest BCUT2D eigenvalue weighted by molar-refractivity contribution is 7.11. The summed E-state index contributed by atoms with van der Waals surface area (Å²) >= 11 is 1.92. The monoisotopic (exact) mass is 352 g/mol. The highest BCUT2D eigenvalue weighted by Gasteiger charge is 2.33. The SMILES string of the molecule is CCNC(Cc1ccc(CC)s1)C1CCN(C(=O)OC(C)(C)C)C1. The number of nitrogens with one attached hydrogen (secondary N) is 1. The molecule has 24 heavy (non-hydrogen) atoms. The molecule has 2 atom stereocenters. The number of aryl methyl sites for hydroxylation is 1. The first-order valence-electron chi connectivity index (χ1n) is 9.11. The smallest absolute Gasteiger partial charge is 0.410 e. The quantitative estimate of drug-likeness (QED) is 0.838. The Balaban J connectivity index is 1.95. The van der Waals surface area contributed by atoms with E-state index in [0.29, 0.717) is 12.0 Å². The Kier molecular flexibility index (Phi) is 6.70. The van der Waals surface area contributed by atoms with Crippen molar-refractivity contribution < 1.29 is 9.53 Å². The molecule has 1 fully saturated rings. The molecule has 0 aromatic carbocycles. The number of likely N-dealkylation sites (tertiary alicyclic amines) is 1. The summed E-state index contributed by atoms with van der Waals surface area (Å²) in [6, 6.07) is 4.92. The Morgan fingerprint density at radius 2 is 2.08 bits per heavy atom. The van der Waals surface area contributed by atoms with Gasteiger partial charge in [0.05, 0.1) is 0 Å². The highest BCUT2D eigenvalue weighted by Crippen LogP contribution is 2.26. The lowest BCUT2D eigenvalue weighted by Crippen LogP contribution is -2.41. The molecule has 1 aliphatic heterocycles. The highest BCUT2D eigenvalue weighted by atomic mass is 32.1. The standard InChI is InChI=1S/C19H32N2O2S/c1-6-15-8-9-16(24-15)12-17(20-7-2)14-10-11-21(13-14)18(22)23-19(3,4)5/h8-9,14,17,20H,6-7,10-13H2,1-5H3. The molecule has 1 aliphatic rings. The van der Waals surface area contributed by atoms with E-state index in [0.717, 1.165) is 38.9 Å². The van der Waals surface area contributed by atoms with Crippen LogP contribution in [0.15, 0.2) is 12.1 Å². The van der Waals surface area contributed by atoms with E-state index in [9.17, 15) is 4.79 Å². The second-order valence-corrected chi connectivity index (χ2v) is 8.82. The summed E-state index contributed by atoms with van der Waals surface area (Å²) in [6.45, 7) is 12.7. The van der Waals surface area contributed by atoms with Crippen molar-refractivity contribution in [3.8, 4) is 0 Å². The Labute approximate surface area is 150 Å². The molecule has 2 unspecified atom stereocenters. The van der Waals surface area contributed by atoms with Gasteiger partial charge in [-0.3, -0.25) is 0 Å². The zero-order valence-electron chi connectivity index (χ0n) is 15.7. The number of thiophene rings is 1. The number of likely N-dealkylation sites (N-methyl/N-ethyl adjacent to an activating group) is 1. The summed E-state index contributed by atoms with van der Waals surface area (Å²) in [5, 5.41) is 3.64. The van der Waals surface area contributed by atoms with Gasteiger partial charge >= 0.3 is 6.09 Å². The third kappa shape index (κ3) is 5.49. The molecule has 0 bridgehead atoms. The molecule has 4 nitrogen and oxygen atoms in total. The lowest BCUT2D eigenvalue weighted by atomic mass is 9.95. The van der Waals surface area contributed by atoms with Crippen molar-refractivity contribution in [2.75, 3.05) is 19.6 Å². The normalized spacial score (nSPS) is 19.5. The molecule has 1 aromatic rings. The van der Waals surface area contributed by atoms with Crippen LogP contribution in [0.5, 0.6) is 0 Å². The van der Waals surface area contributed by atoms with Crippen LogP contribution in [0, 0.1) is 5.92 Å². The van der Waals surface area contributed by atoms with Gasteiger partial charge in [0.2, 0.25) is 0 Å². The van der Waals surface area contributed by atoms with E-state index in [1.54, 1.807) is 0 Å². The van der Waals surface area contributed by atoms with Crippen LogP contribution in [-0.2, 0) is 17.6 Å². The molecule has 1 aromatic heterocycles. The number of carbonyl (C=O) groups excluding carboxylic acids is 1. The Morgan fingerprint density at radius 3 is 2.67 bits per heavy atom. The third-order valence-corrected chi connectivity index (χ3v) is 5.65. The van der Waals surface area contributed by atoms with Gasteiger partial charge in [-0.2, -0.15) is 0 Å². The minimum absolute atomic E-state index is 0.176. The topological polar surface area (TPSA) is 41.6 Å². The predicted octanol–water partition coefficient (Wildman–Crippen LogP) is 4.09. The molecule has 2 heterocycles. The van der Waals surface area contributed by atoms with E-state index in [1.165, 1.54) is 9.75 Å². The second kappa shape index (κ2) is 8.34. The number of ether oxygens (including phenoxy) is 1. The molecule has 2 rings (SSSR count). The van der Waals surface area contributed by atoms with E-state index in [-0.39, 0.29) is 6.09 Å². The zero-order chi connectivity index (χ0) is 17.7. The van der Waals surface area contributed by atoms with Gasteiger partial charge in [-0.15, -0.1) is 11.3 Å². The molecule has 5 heteroatoms. The average molecular weight is 353 g/mol. The van der Waals surface area contributed by atoms with E-state index in [2.05, 4.69) is 31.3 Å². The van der Waals surface area contributed by atoms with Crippen molar-refractivity contribution in [3.63, 3.8) is 0 Å². The van der Waals surface area contributed by atoms with Gasteiger partial charge in [-0.25, -0.2) is 4.79 Å². The molecule has 136 valence electrons. The van der Waals surface area contributed by atoms with Crippen LogP contribution < -0.4 is 5.32 Å². The number of carbonyl (C=O) groups is 1. The Hall–Kier alpha value is -1.07. The molecule has 0 radical (unpaired) electrons. The van der Waals surface area contributed by atoms with Gasteiger partial charge in [-0.05, 0) is 64.6 Å². The summed E-state index contributed by atoms with van der Waals surface area (Å²) in [7, 11) is 0. The van der Waals surface area contributed by atoms with Crippen LogP contribution in [-0.4, -0.2) is 42.3 Å². The van der Waals surface area contributed by atoms with Crippen molar-refractivity contribution in [3.05, 3.63) is 21.9 Å². The molecule has 0 spiro atoms. The molecule has 0 saturated carbocycles. The fourth-order valence-electron chi connectivity index (χ4n) is 3.21. The average Bonchev–Trinajstić information content (AvgIpc) is 3.14. The first-order valence-corrected chi connectivity index (χ1v) is 9.93. The summed E-state index contributed by atoms with van der Waals surface area (Å²) in [6.07, 6.45) is 3.02. The molecule has 1 N–H and O–H groups in total. The van der Waals surface area contributed by atoms with Crippen molar-refractivity contribution in [2.24, 2.45) is 5.92 Å². The third-order valence-electron chi connectivity index (χ3n) is 4.40. The number of amides is 1. The lowest BCUT2D eigenvalue weighted by Gasteiger charge is -2.26. The molecule has 1 amide bonds. The molecular weight excluding hydrogens is 320 g/mol. The summed E-state index contributed by atoms with van der Waals surface area (Å²) in [5.74, 6) is 0.490. The molecule has 1 saturated heterocycles. The minimum Gasteiger partial charge on any atom is -0.444 e. The fourth-order valence-corrected chi connectivity index (χ4v) is 4.23. The van der Waals surface area contributed by atoms with Gasteiger partial charge in [0.1, 0.15) is 5.60 Å². The second-order valence-electron chi connectivity index (χ2n) is 7.56. The maximum absolute atomic E-state index is 12.3. The van der Waals surface area contributed by atoms with Gasteiger partial charge < -0.3 is 15.0 Å². The zero-order valence-corrected chi connectivity index (χ0v) is 16.5. The number of rotatable bonds is 6. The van der Waals surface area contributed by atoms with Crippen molar-refractivity contribution in [1.82, 2.24) is 10.2 Å². The van der Waals surface area contributed by atoms with Gasteiger partial charge in [-0.1, -0.05) is 13.8 Å². The first-order chi connectivity index (χ1) is 11.3. The lowest BCUT2D eigenvalue weighted by molar-refractivity contribution is 0.0285. The predicted molar refractivity (Wildman–Crippen MR) is 101 cm³/mol. The van der Waals surface area contributed by atoms with E-state index < -0.39 is 5.60 Å². The van der Waals surface area contributed by atoms with Crippen LogP contribution in [0.1, 0.15) is 50.8 Å². The maximum Gasteiger partial charge on any atom is 0.410 e. The van der Waals surface area contributed by atoms with Crippen molar-refractivity contribution >= 4 is 17.4 Å². The van der Waals surface area contributed by atoms with E-state index in [1.807, 2.05) is 37.0 Å². The summed E-state index contributed by atoms with van der Waals surface area (Å²) in [5.41, 5.74) is -0.427. The van der Waals surface area contributed by atoms with Crippen LogP contribution in [0.3, 0.4) is 0 Å². The van der Waals surface area contributed by atoms with E-state index >= 15 is 0 Å². The molecular formula is C19H32N2O2S. The minimum atomic E-state index is -0.427. The Morgan fingerprint density at radius 1 is 1.38 bits per heavy atom. The van der Waals surface area contributed by atoms with Crippen LogP contribution in [0.25, 0.3) is 0 Å². The summed E-state index contributed by atoms with van der Waals surface area (Å²) in [4.78, 5) is 17.0. The fraction of sp³-hybridized carbons (Fsp3) is 0.737. The van der Waals surface area contributed by atoms with E-state index in [4.69, 9.17) is 4.74 Å². The maximum atomic E-state index is 12.3. The first kappa shape index (κ1) is 19.3. The van der Waals surface area contributed by atoms with Gasteiger partial charge in [0.25, 0.3) is 0 Å². The number of hydrogen-bond acceptors (Lipinski definition) is 4. The van der Waals surface area contributed by atoms with Gasteiger partial charge in [0, 0.05) is 28.9 Å². The summed E-state index contributed by atoms with van der Waals surface area (Å²) < 4.78 is 5.51. The number of hydrogen-bond donors (Lipinski definition) is 1.